The molecule has 1 amide bonds. The second-order valence-electron chi connectivity index (χ2n) is 8.51. The van der Waals surface area contributed by atoms with Crippen LogP contribution in [0.5, 0.6) is 0 Å². The molecule has 1 aliphatic carbocycles. The molecule has 2 atom stereocenters. The molecule has 8 nitrogen and oxygen atoms in total. The number of fused-ring (bicyclic) bond motifs is 1. The summed E-state index contributed by atoms with van der Waals surface area (Å²) in [5.74, 6) is -5.15. The number of aryl methyl sites for hydroxylation is 1. The number of rotatable bonds is 6. The molecule has 1 saturated carbocycles. The molecule has 178 valence electrons. The van der Waals surface area contributed by atoms with Crippen molar-refractivity contribution < 1.29 is 22.4 Å². The van der Waals surface area contributed by atoms with Crippen molar-refractivity contribution in [1.29, 1.82) is 0 Å². The first-order valence-corrected chi connectivity index (χ1v) is 10.7. The summed E-state index contributed by atoms with van der Waals surface area (Å²) in [6.07, 6.45) is 1.47. The zero-order valence-electron chi connectivity index (χ0n) is 18.2. The minimum absolute atomic E-state index is 0.0293. The lowest BCUT2D eigenvalue weighted by Gasteiger charge is -2.21. The summed E-state index contributed by atoms with van der Waals surface area (Å²) in [7, 11) is 1.56. The van der Waals surface area contributed by atoms with Gasteiger partial charge >= 0.3 is 0 Å². The van der Waals surface area contributed by atoms with Crippen LogP contribution in [-0.2, 0) is 17.9 Å². The van der Waals surface area contributed by atoms with E-state index in [2.05, 4.69) is 27.1 Å². The summed E-state index contributed by atoms with van der Waals surface area (Å²) in [6, 6.07) is 4.76. The zero-order chi connectivity index (χ0) is 24.2. The number of aromatic nitrogens is 5. The quantitative estimate of drug-likeness (QED) is 0.555. The van der Waals surface area contributed by atoms with Crippen LogP contribution in [0.25, 0.3) is 5.70 Å². The molecule has 0 radical (unpaired) electrons. The van der Waals surface area contributed by atoms with Crippen molar-refractivity contribution in [2.75, 3.05) is 11.9 Å². The van der Waals surface area contributed by atoms with Crippen molar-refractivity contribution in [3.8, 4) is 0 Å². The van der Waals surface area contributed by atoms with E-state index in [1.807, 2.05) is 0 Å². The molecule has 34 heavy (non-hydrogen) atoms. The molecule has 5 rings (SSSR count). The molecular weight excluding hydrogens is 454 g/mol. The molecule has 0 bridgehead atoms. The first-order chi connectivity index (χ1) is 16.1. The van der Waals surface area contributed by atoms with Gasteiger partial charge in [0.15, 0.2) is 17.5 Å². The van der Waals surface area contributed by atoms with Crippen LogP contribution >= 0.6 is 0 Å². The molecule has 1 fully saturated rings. The topological polar surface area (TPSA) is 80.9 Å². The number of carbonyl (C=O) groups is 1. The molecule has 3 aromatic rings. The first-order valence-electron chi connectivity index (χ1n) is 10.7. The van der Waals surface area contributed by atoms with Crippen LogP contribution < -0.4 is 10.2 Å². The Bertz CT molecular complexity index is 1280. The second-order valence-corrected chi connectivity index (χ2v) is 8.51. The second kappa shape index (κ2) is 7.96. The maximum absolute atomic E-state index is 13.9. The number of nitrogens with zero attached hydrogens (tertiary/aromatic N) is 6. The summed E-state index contributed by atoms with van der Waals surface area (Å²) in [5, 5.41) is 11.5. The predicted molar refractivity (Wildman–Crippen MR) is 114 cm³/mol. The Morgan fingerprint density at radius 1 is 1.29 bits per heavy atom. The van der Waals surface area contributed by atoms with Gasteiger partial charge in [-0.25, -0.2) is 31.9 Å². The van der Waals surface area contributed by atoms with Crippen molar-refractivity contribution in [2.45, 2.75) is 43.8 Å². The Labute approximate surface area is 191 Å². The number of carbonyl (C=O) groups excluding carboxylic acids is 1. The van der Waals surface area contributed by atoms with Gasteiger partial charge in [-0.3, -0.25) is 9.69 Å². The van der Waals surface area contributed by atoms with Crippen LogP contribution in [0.1, 0.15) is 35.8 Å². The van der Waals surface area contributed by atoms with Crippen molar-refractivity contribution >= 4 is 17.4 Å². The van der Waals surface area contributed by atoms with Crippen LogP contribution in [0.4, 0.5) is 23.4 Å². The summed E-state index contributed by atoms with van der Waals surface area (Å²) < 4.78 is 57.1. The lowest BCUT2D eigenvalue weighted by Crippen LogP contribution is -2.43. The average molecular weight is 475 g/mol. The van der Waals surface area contributed by atoms with Gasteiger partial charge in [-0.15, -0.1) is 5.10 Å². The fraction of sp³-hybridized carbons (Fsp3) is 0.364. The lowest BCUT2D eigenvalue weighted by molar-refractivity contribution is -0.120. The van der Waals surface area contributed by atoms with Crippen LogP contribution in [0.15, 0.2) is 37.2 Å². The third-order valence-corrected chi connectivity index (χ3v) is 6.08. The van der Waals surface area contributed by atoms with Crippen LogP contribution in [0.2, 0.25) is 0 Å². The average Bonchev–Trinajstić information content (AvgIpc) is 3.15. The van der Waals surface area contributed by atoms with Crippen molar-refractivity contribution in [3.05, 3.63) is 65.9 Å². The number of likely N-dealkylation sites (N-methyl/N-ethyl adjacent to an activating group) is 1. The Morgan fingerprint density at radius 2 is 2.06 bits per heavy atom. The molecule has 1 aliphatic heterocycles. The fourth-order valence-electron chi connectivity index (χ4n) is 4.05. The molecule has 3 heterocycles. The number of halogens is 4. The standard InChI is InChI=1S/C22H21F4N7O/c1-12(20-27-11-32(30-20)10-13-4-3-5-15(23)19(13)24)28-16-6-7-33-18(31(2)21(16)34)8-17(29-33)14-9-22(14,25)26/h3-5,8,11,14,16,28H,1,6-7,9-10H2,2H3/t14-,16-/m0/s1. The summed E-state index contributed by atoms with van der Waals surface area (Å²) in [5.41, 5.74) is 0.691. The van der Waals surface area contributed by atoms with Gasteiger partial charge in [0.05, 0.1) is 23.9 Å². The van der Waals surface area contributed by atoms with E-state index in [0.717, 1.165) is 6.07 Å². The highest BCUT2D eigenvalue weighted by atomic mass is 19.3. The molecule has 12 heteroatoms. The number of hydrogen-bond donors (Lipinski definition) is 1. The van der Waals surface area contributed by atoms with Gasteiger partial charge in [-0.2, -0.15) is 5.10 Å². The molecule has 2 aliphatic rings. The predicted octanol–water partition coefficient (Wildman–Crippen LogP) is 2.92. The van der Waals surface area contributed by atoms with E-state index in [4.69, 9.17) is 0 Å². The highest BCUT2D eigenvalue weighted by Crippen LogP contribution is 2.55. The summed E-state index contributed by atoms with van der Waals surface area (Å²) >= 11 is 0. The van der Waals surface area contributed by atoms with Gasteiger partial charge in [0.2, 0.25) is 5.91 Å². The Morgan fingerprint density at radius 3 is 2.79 bits per heavy atom. The van der Waals surface area contributed by atoms with Crippen molar-refractivity contribution in [1.82, 2.24) is 29.9 Å². The first kappa shape index (κ1) is 22.1. The third kappa shape index (κ3) is 3.93. The van der Waals surface area contributed by atoms with Gasteiger partial charge in [0.1, 0.15) is 18.2 Å². The molecule has 0 unspecified atom stereocenters. The van der Waals surface area contributed by atoms with E-state index >= 15 is 0 Å². The molecule has 0 spiro atoms. The number of benzene rings is 1. The highest BCUT2D eigenvalue weighted by molar-refractivity contribution is 5.97. The van der Waals surface area contributed by atoms with Crippen molar-refractivity contribution in [3.63, 3.8) is 0 Å². The van der Waals surface area contributed by atoms with E-state index in [9.17, 15) is 22.4 Å². The number of amides is 1. The van der Waals surface area contributed by atoms with Crippen LogP contribution in [0, 0.1) is 11.6 Å². The maximum Gasteiger partial charge on any atom is 0.257 e. The van der Waals surface area contributed by atoms with Gasteiger partial charge in [0.25, 0.3) is 5.92 Å². The SMILES string of the molecule is C=C(N[C@H]1CCn2nc([C@@H]3CC3(F)F)cc2N(C)C1=O)c1ncn(Cc2cccc(F)c2F)n1. The molecular formula is C22H21F4N7O. The van der Waals surface area contributed by atoms with Gasteiger partial charge in [-0.05, 0) is 12.5 Å². The third-order valence-electron chi connectivity index (χ3n) is 6.08. The minimum Gasteiger partial charge on any atom is -0.371 e. The summed E-state index contributed by atoms with van der Waals surface area (Å²) in [6.45, 7) is 4.21. The normalized spacial score (nSPS) is 21.2. The monoisotopic (exact) mass is 475 g/mol. The molecule has 1 aromatic carbocycles. The number of alkyl halides is 2. The van der Waals surface area contributed by atoms with Crippen molar-refractivity contribution in [2.24, 2.45) is 0 Å². The van der Waals surface area contributed by atoms with E-state index < -0.39 is 29.5 Å². The minimum atomic E-state index is -2.73. The Balaban J connectivity index is 1.26. The zero-order valence-corrected chi connectivity index (χ0v) is 18.2. The van der Waals surface area contributed by atoms with E-state index in [1.54, 1.807) is 11.7 Å². The summed E-state index contributed by atoms with van der Waals surface area (Å²) in [4.78, 5) is 18.5. The maximum atomic E-state index is 13.9. The Hall–Kier alpha value is -3.70. The number of hydrogen-bond acceptors (Lipinski definition) is 5. The molecule has 0 saturated heterocycles. The largest absolute Gasteiger partial charge is 0.371 e. The van der Waals surface area contributed by atoms with Crippen LogP contribution in [-0.4, -0.2) is 49.5 Å². The lowest BCUT2D eigenvalue weighted by atomic mass is 10.1. The fourth-order valence-corrected chi connectivity index (χ4v) is 4.05. The highest BCUT2D eigenvalue weighted by Gasteiger charge is 2.59. The Kier molecular flexibility index (Phi) is 5.18. The van der Waals surface area contributed by atoms with Gasteiger partial charge in [-0.1, -0.05) is 18.7 Å². The van der Waals surface area contributed by atoms with Gasteiger partial charge in [0, 0.05) is 31.6 Å². The van der Waals surface area contributed by atoms with E-state index in [0.29, 0.717) is 24.5 Å². The van der Waals surface area contributed by atoms with Crippen LogP contribution in [0.3, 0.4) is 0 Å². The van der Waals surface area contributed by atoms with E-state index in [-0.39, 0.29) is 36.0 Å². The van der Waals surface area contributed by atoms with Gasteiger partial charge < -0.3 is 5.32 Å². The number of anilines is 1. The molecule has 1 N–H and O–H groups in total. The smallest absolute Gasteiger partial charge is 0.257 e. The van der Waals surface area contributed by atoms with E-state index in [1.165, 1.54) is 34.1 Å². The number of nitrogens with one attached hydrogen (secondary N) is 1. The molecule has 2 aromatic heterocycles.